The van der Waals surface area contributed by atoms with Crippen molar-refractivity contribution in [2.75, 3.05) is 9.80 Å². The summed E-state index contributed by atoms with van der Waals surface area (Å²) in [6.45, 7) is 0. The van der Waals surface area contributed by atoms with Crippen LogP contribution in [0.1, 0.15) is 11.1 Å². The maximum Gasteiger partial charge on any atom is 0.0497 e. The third-order valence-electron chi connectivity index (χ3n) is 11.6. The van der Waals surface area contributed by atoms with Gasteiger partial charge in [-0.1, -0.05) is 140 Å². The molecule has 57 heavy (non-hydrogen) atoms. The monoisotopic (exact) mass is 726 g/mol. The van der Waals surface area contributed by atoms with E-state index in [2.05, 4.69) is 228 Å². The summed E-state index contributed by atoms with van der Waals surface area (Å²) in [7, 11) is 0. The van der Waals surface area contributed by atoms with E-state index >= 15 is 0 Å². The lowest BCUT2D eigenvalue weighted by molar-refractivity contribution is 1.09. The Bertz CT molecular complexity index is 3110. The number of benzene rings is 10. The summed E-state index contributed by atoms with van der Waals surface area (Å²) < 4.78 is 0. The van der Waals surface area contributed by atoms with Crippen LogP contribution in [0.3, 0.4) is 0 Å². The Morgan fingerprint density at radius 1 is 0.298 bits per heavy atom. The van der Waals surface area contributed by atoms with Crippen LogP contribution in [-0.2, 0) is 6.42 Å². The fourth-order valence-electron chi connectivity index (χ4n) is 8.69. The molecule has 268 valence electrons. The van der Waals surface area contributed by atoms with Crippen molar-refractivity contribution in [3.05, 3.63) is 230 Å². The molecule has 0 aromatic heterocycles. The van der Waals surface area contributed by atoms with Gasteiger partial charge in [-0.15, -0.1) is 0 Å². The van der Waals surface area contributed by atoms with E-state index in [1.807, 2.05) is 0 Å². The standard InChI is InChI=1S/C55H38N2/c1-2-16-50(17-3-1)56(52-28-22-39-11-5-8-14-43(39)36-52)51-26-20-41(21-27-51)45-24-30-54-48(33-45)35-49-34-47(46-19-18-38-10-4-7-13-42(38)32-46)25-31-55(49)57(54)53-29-23-40-12-6-9-15-44(40)37-53/h1-34,36-37H,35H2. The maximum atomic E-state index is 2.46. The van der Waals surface area contributed by atoms with E-state index in [9.17, 15) is 0 Å². The van der Waals surface area contributed by atoms with Gasteiger partial charge in [0, 0.05) is 40.5 Å². The van der Waals surface area contributed by atoms with Crippen LogP contribution < -0.4 is 9.80 Å². The molecular formula is C55H38N2. The van der Waals surface area contributed by atoms with Crippen molar-refractivity contribution in [2.45, 2.75) is 6.42 Å². The van der Waals surface area contributed by atoms with Gasteiger partial charge in [0.05, 0.1) is 0 Å². The molecule has 0 atom stereocenters. The van der Waals surface area contributed by atoms with Gasteiger partial charge in [-0.25, -0.2) is 0 Å². The average molecular weight is 727 g/mol. The third kappa shape index (κ3) is 6.00. The predicted molar refractivity (Wildman–Crippen MR) is 242 cm³/mol. The first-order valence-corrected chi connectivity index (χ1v) is 19.7. The zero-order valence-electron chi connectivity index (χ0n) is 31.4. The molecule has 0 bridgehead atoms. The minimum Gasteiger partial charge on any atom is -0.310 e. The lowest BCUT2D eigenvalue weighted by Crippen LogP contribution is -2.18. The normalized spacial score (nSPS) is 12.1. The molecule has 1 heterocycles. The second kappa shape index (κ2) is 13.7. The van der Waals surface area contributed by atoms with Crippen LogP contribution in [0.25, 0.3) is 54.6 Å². The van der Waals surface area contributed by atoms with Crippen molar-refractivity contribution >= 4 is 66.4 Å². The van der Waals surface area contributed by atoms with Gasteiger partial charge in [0.15, 0.2) is 0 Å². The number of nitrogens with zero attached hydrogens (tertiary/aromatic N) is 2. The summed E-state index contributed by atoms with van der Waals surface area (Å²) >= 11 is 0. The minimum absolute atomic E-state index is 0.853. The largest absolute Gasteiger partial charge is 0.310 e. The van der Waals surface area contributed by atoms with Crippen LogP contribution >= 0.6 is 0 Å². The fraction of sp³-hybridized carbons (Fsp3) is 0.0182. The molecule has 0 saturated carbocycles. The molecule has 2 heteroatoms. The molecule has 10 aromatic carbocycles. The number of anilines is 6. The van der Waals surface area contributed by atoms with E-state index in [0.717, 1.165) is 23.5 Å². The van der Waals surface area contributed by atoms with Gasteiger partial charge >= 0.3 is 0 Å². The molecule has 1 aliphatic rings. The van der Waals surface area contributed by atoms with Crippen molar-refractivity contribution in [1.82, 2.24) is 0 Å². The van der Waals surface area contributed by atoms with E-state index in [1.54, 1.807) is 0 Å². The van der Waals surface area contributed by atoms with Crippen molar-refractivity contribution in [3.63, 3.8) is 0 Å². The quantitative estimate of drug-likeness (QED) is 0.168. The maximum absolute atomic E-state index is 2.46. The number of hydrogen-bond donors (Lipinski definition) is 0. The zero-order valence-corrected chi connectivity index (χ0v) is 31.4. The van der Waals surface area contributed by atoms with Crippen LogP contribution in [0.15, 0.2) is 218 Å². The second-order valence-electron chi connectivity index (χ2n) is 15.0. The van der Waals surface area contributed by atoms with Crippen LogP contribution in [-0.4, -0.2) is 0 Å². The van der Waals surface area contributed by atoms with Crippen molar-refractivity contribution in [1.29, 1.82) is 0 Å². The molecule has 11 rings (SSSR count). The van der Waals surface area contributed by atoms with Gasteiger partial charge in [0.25, 0.3) is 0 Å². The molecule has 0 saturated heterocycles. The topological polar surface area (TPSA) is 6.48 Å². The molecular weight excluding hydrogens is 689 g/mol. The first-order chi connectivity index (χ1) is 28.2. The zero-order chi connectivity index (χ0) is 37.7. The number of fused-ring (bicyclic) bond motifs is 5. The number of rotatable bonds is 6. The lowest BCUT2D eigenvalue weighted by atomic mass is 9.89. The molecule has 0 amide bonds. The van der Waals surface area contributed by atoms with Crippen LogP contribution in [0.2, 0.25) is 0 Å². The minimum atomic E-state index is 0.853. The van der Waals surface area contributed by atoms with Crippen LogP contribution in [0, 0.1) is 0 Å². The SMILES string of the molecule is c1ccc(N(c2ccc(-c3ccc4c(c3)Cc3cc(-c5ccc6ccccc6c5)ccc3N4c3ccc4ccccc4c3)cc2)c2ccc3ccccc3c2)cc1. The van der Waals surface area contributed by atoms with Crippen molar-refractivity contribution in [3.8, 4) is 22.3 Å². The Morgan fingerprint density at radius 2 is 0.737 bits per heavy atom. The van der Waals surface area contributed by atoms with Gasteiger partial charge in [-0.05, 0) is 145 Å². The van der Waals surface area contributed by atoms with E-state index in [-0.39, 0.29) is 0 Å². The van der Waals surface area contributed by atoms with Crippen molar-refractivity contribution in [2.24, 2.45) is 0 Å². The third-order valence-corrected chi connectivity index (χ3v) is 11.6. The molecule has 0 aliphatic carbocycles. The van der Waals surface area contributed by atoms with E-state index in [1.165, 1.54) is 82.8 Å². The Morgan fingerprint density at radius 3 is 1.39 bits per heavy atom. The summed E-state index contributed by atoms with van der Waals surface area (Å²) in [4.78, 5) is 4.80. The smallest absolute Gasteiger partial charge is 0.0497 e. The fourth-order valence-corrected chi connectivity index (χ4v) is 8.69. The highest BCUT2D eigenvalue weighted by atomic mass is 15.2. The number of para-hydroxylation sites is 1. The van der Waals surface area contributed by atoms with Gasteiger partial charge in [-0.3, -0.25) is 0 Å². The lowest BCUT2D eigenvalue weighted by Gasteiger charge is -2.34. The molecule has 1 aliphatic heterocycles. The summed E-state index contributed by atoms with van der Waals surface area (Å²) in [5.74, 6) is 0. The van der Waals surface area contributed by atoms with E-state index in [0.29, 0.717) is 0 Å². The average Bonchev–Trinajstić information content (AvgIpc) is 3.28. The van der Waals surface area contributed by atoms with Crippen molar-refractivity contribution < 1.29 is 0 Å². The Labute approximate surface area is 333 Å². The predicted octanol–water partition coefficient (Wildman–Crippen LogP) is 15.3. The van der Waals surface area contributed by atoms with Gasteiger partial charge in [-0.2, -0.15) is 0 Å². The summed E-state index contributed by atoms with van der Waals surface area (Å²) in [6, 6.07) is 79.8. The molecule has 0 spiro atoms. The van der Waals surface area contributed by atoms with Gasteiger partial charge in [0.1, 0.15) is 0 Å². The van der Waals surface area contributed by atoms with E-state index < -0.39 is 0 Å². The number of hydrogen-bond acceptors (Lipinski definition) is 2. The molecule has 10 aromatic rings. The first-order valence-electron chi connectivity index (χ1n) is 19.7. The highest BCUT2D eigenvalue weighted by Crippen LogP contribution is 2.47. The van der Waals surface area contributed by atoms with Crippen LogP contribution in [0.5, 0.6) is 0 Å². The molecule has 2 nitrogen and oxygen atoms in total. The molecule has 0 fully saturated rings. The first kappa shape index (κ1) is 33.0. The summed E-state index contributed by atoms with van der Waals surface area (Å²) in [5.41, 5.74) is 14.5. The molecule has 0 N–H and O–H groups in total. The van der Waals surface area contributed by atoms with Gasteiger partial charge < -0.3 is 9.80 Å². The highest BCUT2D eigenvalue weighted by molar-refractivity contribution is 5.94. The molecule has 0 unspecified atom stereocenters. The van der Waals surface area contributed by atoms with E-state index in [4.69, 9.17) is 0 Å². The summed E-state index contributed by atoms with van der Waals surface area (Å²) in [5, 5.41) is 7.47. The van der Waals surface area contributed by atoms with Gasteiger partial charge in [0.2, 0.25) is 0 Å². The second-order valence-corrected chi connectivity index (χ2v) is 15.0. The molecule has 0 radical (unpaired) electrons. The van der Waals surface area contributed by atoms with Crippen LogP contribution in [0.4, 0.5) is 34.1 Å². The highest BCUT2D eigenvalue weighted by Gasteiger charge is 2.25. The summed E-state index contributed by atoms with van der Waals surface area (Å²) in [6.07, 6.45) is 0.853. The Hall–Kier alpha value is -7.42. The Balaban J connectivity index is 0.989. The Kier molecular flexibility index (Phi) is 7.93.